The van der Waals surface area contributed by atoms with Gasteiger partial charge in [0.05, 0.1) is 30.7 Å². The number of nitrogens with one attached hydrogen (secondary N) is 1. The first-order chi connectivity index (χ1) is 21.8. The maximum Gasteiger partial charge on any atom is 0.439 e. The molecular weight excluding hydrogens is 570 g/mol. The summed E-state index contributed by atoms with van der Waals surface area (Å²) in [7, 11) is 0. The lowest BCUT2D eigenvalue weighted by atomic mass is 9.92. The summed E-state index contributed by atoms with van der Waals surface area (Å²) >= 11 is 0. The number of rotatable bonds is 11. The van der Waals surface area contributed by atoms with Gasteiger partial charge in [-0.3, -0.25) is 18.9 Å². The number of hydrogen-bond acceptors (Lipinski definition) is 7. The highest BCUT2D eigenvalue weighted by Gasteiger charge is 2.28. The second-order valence-corrected chi connectivity index (χ2v) is 12.4. The van der Waals surface area contributed by atoms with Crippen LogP contribution >= 0.6 is 0 Å². The summed E-state index contributed by atoms with van der Waals surface area (Å²) in [4.78, 5) is 28.6. The molecule has 3 aromatic heterocycles. The number of hydrogen-bond donors (Lipinski definition) is 2. The molecule has 1 aliphatic carbocycles. The van der Waals surface area contributed by atoms with Gasteiger partial charge in [-0.05, 0) is 54.7 Å². The van der Waals surface area contributed by atoms with Crippen LogP contribution in [0.2, 0.25) is 0 Å². The van der Waals surface area contributed by atoms with Crippen molar-refractivity contribution in [2.45, 2.75) is 84.0 Å². The molecule has 1 unspecified atom stereocenters. The van der Waals surface area contributed by atoms with Crippen molar-refractivity contribution in [1.82, 2.24) is 24.3 Å². The summed E-state index contributed by atoms with van der Waals surface area (Å²) in [6.07, 6.45) is 6.92. The van der Waals surface area contributed by atoms with Crippen LogP contribution in [0.15, 0.2) is 74.9 Å². The molecule has 1 fully saturated rings. The molecule has 0 bridgehead atoms. The van der Waals surface area contributed by atoms with Crippen molar-refractivity contribution in [3.63, 3.8) is 0 Å². The van der Waals surface area contributed by atoms with E-state index in [1.807, 2.05) is 65.4 Å². The van der Waals surface area contributed by atoms with Gasteiger partial charge in [0.2, 0.25) is 0 Å². The summed E-state index contributed by atoms with van der Waals surface area (Å²) in [6, 6.07) is 17.9. The Morgan fingerprint density at radius 2 is 1.76 bits per heavy atom. The average Bonchev–Trinajstić information content (AvgIpc) is 3.72. The third-order valence-electron chi connectivity index (χ3n) is 8.99. The summed E-state index contributed by atoms with van der Waals surface area (Å²) in [5, 5.41) is 18.7. The van der Waals surface area contributed by atoms with Gasteiger partial charge in [-0.15, -0.1) is 0 Å². The molecule has 0 saturated heterocycles. The quantitative estimate of drug-likeness (QED) is 0.200. The number of aromatic nitrogens is 5. The van der Waals surface area contributed by atoms with Gasteiger partial charge in [0, 0.05) is 29.7 Å². The molecule has 45 heavy (non-hydrogen) atoms. The third kappa shape index (κ3) is 6.43. The van der Waals surface area contributed by atoms with Crippen molar-refractivity contribution in [1.29, 1.82) is 0 Å². The van der Waals surface area contributed by atoms with Gasteiger partial charge in [0.1, 0.15) is 5.65 Å². The number of benzene rings is 2. The van der Waals surface area contributed by atoms with Gasteiger partial charge in [-0.1, -0.05) is 80.9 Å². The van der Waals surface area contributed by atoms with Gasteiger partial charge < -0.3 is 9.84 Å². The highest BCUT2D eigenvalue weighted by atomic mass is 16.5. The van der Waals surface area contributed by atoms with Crippen LogP contribution in [0.5, 0.6) is 0 Å². The maximum atomic E-state index is 14.4. The van der Waals surface area contributed by atoms with E-state index in [4.69, 9.17) is 9.26 Å². The van der Waals surface area contributed by atoms with Crippen LogP contribution in [0.3, 0.4) is 0 Å². The van der Waals surface area contributed by atoms with Crippen LogP contribution in [0.25, 0.3) is 28.2 Å². The minimum absolute atomic E-state index is 0.0513. The lowest BCUT2D eigenvalue weighted by Gasteiger charge is -2.31. The first-order valence-electron chi connectivity index (χ1n) is 16.0. The summed E-state index contributed by atoms with van der Waals surface area (Å²) in [5.74, 6) is -0.0558. The van der Waals surface area contributed by atoms with Crippen LogP contribution in [-0.2, 0) is 17.6 Å². The molecule has 2 N–H and O–H groups in total. The summed E-state index contributed by atoms with van der Waals surface area (Å²) in [5.41, 5.74) is 6.30. The number of nitrogens with zero attached hydrogens (tertiary/aromatic N) is 4. The molecule has 10 nitrogen and oxygen atoms in total. The van der Waals surface area contributed by atoms with E-state index in [1.54, 1.807) is 6.20 Å². The van der Waals surface area contributed by atoms with E-state index < -0.39 is 11.9 Å². The summed E-state index contributed by atoms with van der Waals surface area (Å²) in [6.45, 7) is 6.45. The Morgan fingerprint density at radius 1 is 1.02 bits per heavy atom. The molecule has 1 aliphatic rings. The second-order valence-electron chi connectivity index (χ2n) is 12.4. The van der Waals surface area contributed by atoms with Crippen molar-refractivity contribution in [2.75, 3.05) is 6.61 Å². The molecule has 1 atom stereocenters. The van der Waals surface area contributed by atoms with Gasteiger partial charge >= 0.3 is 5.76 Å². The number of aryl methyl sites for hydroxylation is 1. The van der Waals surface area contributed by atoms with Gasteiger partial charge in [-0.2, -0.15) is 5.10 Å². The molecule has 2 aromatic carbocycles. The Kier molecular flexibility index (Phi) is 9.14. The highest BCUT2D eigenvalue weighted by molar-refractivity contribution is 5.80. The number of aliphatic hydroxyl groups excluding tert-OH is 1. The predicted molar refractivity (Wildman–Crippen MR) is 172 cm³/mol. The van der Waals surface area contributed by atoms with Crippen molar-refractivity contribution in [3.05, 3.63) is 98.5 Å². The van der Waals surface area contributed by atoms with E-state index in [-0.39, 0.29) is 23.6 Å². The van der Waals surface area contributed by atoms with Crippen molar-refractivity contribution in [3.8, 4) is 22.5 Å². The van der Waals surface area contributed by atoms with E-state index in [9.17, 15) is 14.7 Å². The fourth-order valence-electron chi connectivity index (χ4n) is 6.40. The zero-order valence-corrected chi connectivity index (χ0v) is 26.1. The van der Waals surface area contributed by atoms with Crippen LogP contribution in [0.1, 0.15) is 75.7 Å². The van der Waals surface area contributed by atoms with Crippen LogP contribution in [-0.4, -0.2) is 48.2 Å². The largest absolute Gasteiger partial charge is 0.439 e. The fraction of sp³-hybridized carbons (Fsp3) is 0.429. The Balaban J connectivity index is 1.28. The van der Waals surface area contributed by atoms with Crippen LogP contribution in [0, 0.1) is 5.92 Å². The standard InChI is InChI=1S/C35H41N5O5/c1-4-7-30-29(20-23-10-12-24(13-11-23)27-8-5-6-9-28(27)33-37-35(43)45-38-33)34(42)39(32-18-19-36-40(30)32)25-14-16-26(17-15-25)44-21-31(41)22(2)3/h5-6,8-13,18-19,22,25-26,31,41H,4,7,14-17,20-21H2,1-3H3,(H,37,38,43). The van der Waals surface area contributed by atoms with E-state index in [0.717, 1.165) is 77.7 Å². The monoisotopic (exact) mass is 611 g/mol. The molecule has 0 radical (unpaired) electrons. The number of aromatic amines is 1. The Hall–Kier alpha value is -4.28. The number of ether oxygens (including phenoxy) is 1. The van der Waals surface area contributed by atoms with E-state index in [1.165, 1.54) is 0 Å². The topological polar surface area (TPSA) is 128 Å². The SMILES string of the molecule is CCCc1c(Cc2ccc(-c3ccccc3-c3noc(=O)[nH]3)cc2)c(=O)n(C2CCC(OCC(O)C(C)C)CC2)c2ccnn12. The molecule has 5 aromatic rings. The molecule has 236 valence electrons. The molecule has 1 saturated carbocycles. The van der Waals surface area contributed by atoms with E-state index >= 15 is 0 Å². The normalized spacial score (nSPS) is 17.7. The lowest BCUT2D eigenvalue weighted by Crippen LogP contribution is -2.35. The van der Waals surface area contributed by atoms with Gasteiger partial charge in [0.25, 0.3) is 5.56 Å². The molecule has 3 heterocycles. The Bertz CT molecular complexity index is 1860. The third-order valence-corrected chi connectivity index (χ3v) is 8.99. The van der Waals surface area contributed by atoms with Gasteiger partial charge in [-0.25, -0.2) is 9.31 Å². The number of H-pyrrole nitrogens is 1. The van der Waals surface area contributed by atoms with Crippen molar-refractivity contribution >= 4 is 5.65 Å². The smallest absolute Gasteiger partial charge is 0.390 e. The van der Waals surface area contributed by atoms with E-state index in [0.29, 0.717) is 18.9 Å². The minimum atomic E-state index is -0.597. The zero-order valence-electron chi connectivity index (χ0n) is 26.1. The number of fused-ring (bicyclic) bond motifs is 1. The molecule has 0 amide bonds. The Labute approximate surface area is 261 Å². The summed E-state index contributed by atoms with van der Waals surface area (Å²) < 4.78 is 14.7. The number of aliphatic hydroxyl groups is 1. The minimum Gasteiger partial charge on any atom is -0.390 e. The molecule has 6 rings (SSSR count). The fourth-order valence-corrected chi connectivity index (χ4v) is 6.40. The molecular formula is C35H41N5O5. The van der Waals surface area contributed by atoms with Crippen LogP contribution in [0.4, 0.5) is 0 Å². The molecule has 0 spiro atoms. The predicted octanol–water partition coefficient (Wildman–Crippen LogP) is 5.57. The van der Waals surface area contributed by atoms with E-state index in [2.05, 4.69) is 34.3 Å². The highest BCUT2D eigenvalue weighted by Crippen LogP contribution is 2.32. The molecule has 10 heteroatoms. The maximum absolute atomic E-state index is 14.4. The second kappa shape index (κ2) is 13.4. The lowest BCUT2D eigenvalue weighted by molar-refractivity contribution is -0.0416. The van der Waals surface area contributed by atoms with Crippen LogP contribution < -0.4 is 11.3 Å². The van der Waals surface area contributed by atoms with Gasteiger partial charge in [0.15, 0.2) is 5.82 Å². The first kappa shape index (κ1) is 30.7. The van der Waals surface area contributed by atoms with Crippen molar-refractivity contribution in [2.24, 2.45) is 5.92 Å². The Morgan fingerprint density at radius 3 is 2.42 bits per heavy atom. The molecule has 0 aliphatic heterocycles. The zero-order chi connectivity index (χ0) is 31.5. The average molecular weight is 612 g/mol. The van der Waals surface area contributed by atoms with Crippen molar-refractivity contribution < 1.29 is 14.4 Å². The first-order valence-corrected chi connectivity index (χ1v) is 16.0.